The van der Waals surface area contributed by atoms with E-state index in [4.69, 9.17) is 9.72 Å². The van der Waals surface area contributed by atoms with Crippen molar-refractivity contribution < 1.29 is 4.74 Å². The summed E-state index contributed by atoms with van der Waals surface area (Å²) < 4.78 is 5.71. The Labute approximate surface area is 131 Å². The maximum absolute atomic E-state index is 5.71. The average molecular weight is 309 g/mol. The first kappa shape index (κ1) is 15.3. The number of thiazole rings is 1. The highest BCUT2D eigenvalue weighted by Crippen LogP contribution is 2.38. The molecule has 1 aliphatic heterocycles. The first-order chi connectivity index (χ1) is 10.2. The van der Waals surface area contributed by atoms with Crippen molar-refractivity contribution in [1.29, 1.82) is 0 Å². The lowest BCUT2D eigenvalue weighted by Gasteiger charge is -2.26. The fourth-order valence-corrected chi connectivity index (χ4v) is 4.68. The Bertz CT molecular complexity index is 476. The number of hydrogen-bond acceptors (Lipinski definition) is 5. The molecule has 0 spiro atoms. The Kier molecular flexibility index (Phi) is 4.82. The topological polar surface area (TPSA) is 37.4 Å². The summed E-state index contributed by atoms with van der Waals surface area (Å²) in [6.07, 6.45) is 6.25. The Morgan fingerprint density at radius 2 is 2.29 bits per heavy atom. The van der Waals surface area contributed by atoms with Crippen LogP contribution in [0.2, 0.25) is 0 Å². The van der Waals surface area contributed by atoms with Gasteiger partial charge < -0.3 is 15.0 Å². The molecule has 0 amide bonds. The van der Waals surface area contributed by atoms with E-state index in [9.17, 15) is 0 Å². The summed E-state index contributed by atoms with van der Waals surface area (Å²) >= 11 is 1.89. The van der Waals surface area contributed by atoms with Crippen LogP contribution in [0.5, 0.6) is 0 Å². The highest BCUT2D eigenvalue weighted by atomic mass is 32.1. The number of likely N-dealkylation sites (N-methyl/N-ethyl adjacent to an activating group) is 1. The zero-order valence-corrected chi connectivity index (χ0v) is 14.2. The molecule has 0 radical (unpaired) electrons. The maximum atomic E-state index is 5.71. The molecule has 1 aliphatic carbocycles. The van der Waals surface area contributed by atoms with Crippen molar-refractivity contribution in [2.45, 2.75) is 64.1 Å². The third kappa shape index (κ3) is 3.10. The quantitative estimate of drug-likeness (QED) is 0.907. The standard InChI is InChI=1S/C16H27N3OS/c1-4-9-17-12-6-5-7-13-15(12)21-16(18-13)19(3)14-8-10-20-11(14)2/h11-12,14,17H,4-10H2,1-3H3. The zero-order chi connectivity index (χ0) is 14.8. The average Bonchev–Trinajstić information content (AvgIpc) is 3.10. The Morgan fingerprint density at radius 1 is 1.43 bits per heavy atom. The van der Waals surface area contributed by atoms with Gasteiger partial charge in [0, 0.05) is 24.6 Å². The van der Waals surface area contributed by atoms with Crippen molar-refractivity contribution in [3.8, 4) is 0 Å². The van der Waals surface area contributed by atoms with Gasteiger partial charge in [0.1, 0.15) is 0 Å². The first-order valence-electron chi connectivity index (χ1n) is 8.28. The summed E-state index contributed by atoms with van der Waals surface area (Å²) in [5.74, 6) is 0. The van der Waals surface area contributed by atoms with Crippen LogP contribution in [-0.2, 0) is 11.2 Å². The van der Waals surface area contributed by atoms with Crippen molar-refractivity contribution in [3.05, 3.63) is 10.6 Å². The largest absolute Gasteiger partial charge is 0.376 e. The van der Waals surface area contributed by atoms with Crippen LogP contribution < -0.4 is 10.2 Å². The number of rotatable bonds is 5. The van der Waals surface area contributed by atoms with Gasteiger partial charge in [-0.2, -0.15) is 0 Å². The van der Waals surface area contributed by atoms with Gasteiger partial charge in [0.15, 0.2) is 5.13 Å². The SMILES string of the molecule is CCCNC1CCCc2nc(N(C)C3CCOC3C)sc21. The summed E-state index contributed by atoms with van der Waals surface area (Å²) in [6, 6.07) is 0.991. The highest BCUT2D eigenvalue weighted by molar-refractivity contribution is 7.15. The van der Waals surface area contributed by atoms with Gasteiger partial charge in [0.05, 0.1) is 17.8 Å². The Morgan fingerprint density at radius 3 is 3.00 bits per heavy atom. The third-order valence-electron chi connectivity index (χ3n) is 4.72. The summed E-state index contributed by atoms with van der Waals surface area (Å²) in [4.78, 5) is 8.76. The molecule has 1 aromatic heterocycles. The van der Waals surface area contributed by atoms with Gasteiger partial charge in [0.2, 0.25) is 0 Å². The molecule has 5 heteroatoms. The van der Waals surface area contributed by atoms with Crippen LogP contribution in [0.15, 0.2) is 0 Å². The lowest BCUT2D eigenvalue weighted by molar-refractivity contribution is 0.118. The minimum atomic E-state index is 0.310. The predicted octanol–water partition coefficient (Wildman–Crippen LogP) is 3.13. The fourth-order valence-electron chi connectivity index (χ4n) is 3.44. The van der Waals surface area contributed by atoms with Gasteiger partial charge in [-0.3, -0.25) is 0 Å². The van der Waals surface area contributed by atoms with Gasteiger partial charge in [-0.25, -0.2) is 4.98 Å². The molecule has 0 aromatic carbocycles. The molecule has 0 saturated carbocycles. The maximum Gasteiger partial charge on any atom is 0.185 e. The van der Waals surface area contributed by atoms with Crippen LogP contribution in [-0.4, -0.2) is 37.3 Å². The van der Waals surface area contributed by atoms with Crippen molar-refractivity contribution in [2.24, 2.45) is 0 Å². The van der Waals surface area contributed by atoms with Crippen molar-refractivity contribution in [1.82, 2.24) is 10.3 Å². The molecule has 4 nitrogen and oxygen atoms in total. The molecular formula is C16H27N3OS. The van der Waals surface area contributed by atoms with Crippen LogP contribution in [0, 0.1) is 0 Å². The van der Waals surface area contributed by atoms with Crippen molar-refractivity contribution >= 4 is 16.5 Å². The van der Waals surface area contributed by atoms with Crippen LogP contribution in [0.25, 0.3) is 0 Å². The van der Waals surface area contributed by atoms with Crippen LogP contribution >= 0.6 is 11.3 Å². The number of anilines is 1. The number of hydrogen-bond donors (Lipinski definition) is 1. The molecule has 118 valence electrons. The van der Waals surface area contributed by atoms with Crippen molar-refractivity contribution in [3.63, 3.8) is 0 Å². The number of nitrogens with zero attached hydrogens (tertiary/aromatic N) is 2. The minimum absolute atomic E-state index is 0.310. The summed E-state index contributed by atoms with van der Waals surface area (Å²) in [5.41, 5.74) is 1.33. The predicted molar refractivity (Wildman–Crippen MR) is 88.3 cm³/mol. The van der Waals surface area contributed by atoms with Crippen molar-refractivity contribution in [2.75, 3.05) is 25.1 Å². The van der Waals surface area contributed by atoms with E-state index in [1.807, 2.05) is 11.3 Å². The lowest BCUT2D eigenvalue weighted by atomic mass is 9.98. The van der Waals surface area contributed by atoms with Gasteiger partial charge >= 0.3 is 0 Å². The van der Waals surface area contributed by atoms with Gasteiger partial charge in [-0.05, 0) is 45.6 Å². The van der Waals surface area contributed by atoms with Gasteiger partial charge in [-0.15, -0.1) is 0 Å². The molecule has 1 saturated heterocycles. The minimum Gasteiger partial charge on any atom is -0.376 e. The molecule has 1 fully saturated rings. The monoisotopic (exact) mass is 309 g/mol. The van der Waals surface area contributed by atoms with Crippen LogP contribution in [0.1, 0.15) is 56.1 Å². The molecule has 0 bridgehead atoms. The summed E-state index contributed by atoms with van der Waals surface area (Å²) in [5, 5.41) is 4.86. The molecule has 1 N–H and O–H groups in total. The first-order valence-corrected chi connectivity index (χ1v) is 9.09. The Hall–Kier alpha value is -0.650. The second-order valence-electron chi connectivity index (χ2n) is 6.25. The molecule has 3 unspecified atom stereocenters. The Balaban J connectivity index is 1.77. The van der Waals surface area contributed by atoms with Gasteiger partial charge in [-0.1, -0.05) is 18.3 Å². The zero-order valence-electron chi connectivity index (χ0n) is 13.4. The van der Waals surface area contributed by atoms with E-state index in [0.717, 1.165) is 26.0 Å². The van der Waals surface area contributed by atoms with E-state index < -0.39 is 0 Å². The molecular weight excluding hydrogens is 282 g/mol. The molecule has 2 heterocycles. The normalized spacial score (nSPS) is 28.6. The number of ether oxygens (including phenoxy) is 1. The molecule has 2 aliphatic rings. The smallest absolute Gasteiger partial charge is 0.185 e. The van der Waals surface area contributed by atoms with E-state index in [0.29, 0.717) is 18.2 Å². The van der Waals surface area contributed by atoms with E-state index in [-0.39, 0.29) is 0 Å². The van der Waals surface area contributed by atoms with E-state index in [1.165, 1.54) is 35.0 Å². The summed E-state index contributed by atoms with van der Waals surface area (Å²) in [7, 11) is 2.18. The number of aromatic nitrogens is 1. The highest BCUT2D eigenvalue weighted by Gasteiger charge is 2.31. The summed E-state index contributed by atoms with van der Waals surface area (Å²) in [6.45, 7) is 6.38. The molecule has 21 heavy (non-hydrogen) atoms. The number of fused-ring (bicyclic) bond motifs is 1. The number of aryl methyl sites for hydroxylation is 1. The lowest BCUT2D eigenvalue weighted by Crippen LogP contribution is -2.36. The van der Waals surface area contributed by atoms with E-state index in [1.54, 1.807) is 0 Å². The van der Waals surface area contributed by atoms with Crippen LogP contribution in [0.3, 0.4) is 0 Å². The molecule has 3 rings (SSSR count). The fraction of sp³-hybridized carbons (Fsp3) is 0.812. The number of nitrogens with one attached hydrogen (secondary N) is 1. The van der Waals surface area contributed by atoms with E-state index in [2.05, 4.69) is 31.1 Å². The molecule has 3 atom stereocenters. The third-order valence-corrected chi connectivity index (χ3v) is 6.02. The second-order valence-corrected chi connectivity index (χ2v) is 7.26. The van der Waals surface area contributed by atoms with Gasteiger partial charge in [0.25, 0.3) is 0 Å². The molecule has 1 aromatic rings. The van der Waals surface area contributed by atoms with Crippen LogP contribution in [0.4, 0.5) is 5.13 Å². The van der Waals surface area contributed by atoms with E-state index >= 15 is 0 Å². The second kappa shape index (κ2) is 6.63.